The van der Waals surface area contributed by atoms with Gasteiger partial charge in [0.1, 0.15) is 11.7 Å². The van der Waals surface area contributed by atoms with Crippen LogP contribution in [0.15, 0.2) is 12.4 Å². The number of amides is 3. The number of hydrogen-bond donors (Lipinski definition) is 0. The topological polar surface area (TPSA) is 86.7 Å². The second kappa shape index (κ2) is 6.72. The number of nitrogens with zero attached hydrogens (tertiary/aromatic N) is 5. The molecule has 0 radical (unpaired) electrons. The minimum absolute atomic E-state index is 0.108. The predicted octanol–water partition coefficient (Wildman–Crippen LogP) is -0.454. The van der Waals surface area contributed by atoms with Crippen LogP contribution in [-0.4, -0.2) is 82.2 Å². The van der Waals surface area contributed by atoms with Crippen molar-refractivity contribution < 1.29 is 14.4 Å². The van der Waals surface area contributed by atoms with E-state index in [0.717, 1.165) is 0 Å². The Morgan fingerprint density at radius 2 is 1.87 bits per heavy atom. The summed E-state index contributed by atoms with van der Waals surface area (Å²) in [6.07, 6.45) is 2.92. The zero-order chi connectivity index (χ0) is 17.1. The van der Waals surface area contributed by atoms with Gasteiger partial charge in [0, 0.05) is 40.3 Å². The Kier molecular flexibility index (Phi) is 4.92. The minimum Gasteiger partial charge on any atom is -0.347 e. The average Bonchev–Trinajstić information content (AvgIpc) is 2.53. The molecule has 2 rings (SSSR count). The van der Waals surface area contributed by atoms with Crippen molar-refractivity contribution in [3.63, 3.8) is 0 Å². The molecule has 124 valence electrons. The van der Waals surface area contributed by atoms with E-state index in [2.05, 4.69) is 9.97 Å². The monoisotopic (exact) mass is 319 g/mol. The highest BCUT2D eigenvalue weighted by Gasteiger charge is 2.37. The number of carbonyl (C=O) groups excluding carboxylic acids is 3. The van der Waals surface area contributed by atoms with Gasteiger partial charge in [0.15, 0.2) is 0 Å². The highest BCUT2D eigenvalue weighted by atomic mass is 16.2. The van der Waals surface area contributed by atoms with Crippen molar-refractivity contribution in [2.24, 2.45) is 0 Å². The zero-order valence-electron chi connectivity index (χ0n) is 13.8. The van der Waals surface area contributed by atoms with E-state index in [4.69, 9.17) is 0 Å². The third-order valence-corrected chi connectivity index (χ3v) is 3.81. The SMILES string of the molecule is CC(=O)N1CCN(C(=O)c2cnc(C)cn2)[C@H](C(=O)N(C)C)C1. The summed E-state index contributed by atoms with van der Waals surface area (Å²) < 4.78 is 0. The van der Waals surface area contributed by atoms with E-state index in [1.807, 2.05) is 0 Å². The van der Waals surface area contributed by atoms with Crippen molar-refractivity contribution in [2.45, 2.75) is 19.9 Å². The van der Waals surface area contributed by atoms with Gasteiger partial charge in [0.2, 0.25) is 11.8 Å². The molecule has 1 aliphatic heterocycles. The molecule has 0 bridgehead atoms. The molecule has 1 aromatic heterocycles. The van der Waals surface area contributed by atoms with Gasteiger partial charge < -0.3 is 14.7 Å². The van der Waals surface area contributed by atoms with Gasteiger partial charge in [-0.2, -0.15) is 0 Å². The number of likely N-dealkylation sites (N-methyl/N-ethyl adjacent to an activating group) is 1. The van der Waals surface area contributed by atoms with E-state index in [9.17, 15) is 14.4 Å². The summed E-state index contributed by atoms with van der Waals surface area (Å²) >= 11 is 0. The molecule has 0 saturated carbocycles. The molecule has 3 amide bonds. The van der Waals surface area contributed by atoms with Crippen LogP contribution >= 0.6 is 0 Å². The van der Waals surface area contributed by atoms with Gasteiger partial charge in [-0.3, -0.25) is 19.4 Å². The van der Waals surface area contributed by atoms with Crippen LogP contribution < -0.4 is 0 Å². The van der Waals surface area contributed by atoms with E-state index >= 15 is 0 Å². The summed E-state index contributed by atoms with van der Waals surface area (Å²) in [6, 6.07) is -0.710. The molecular weight excluding hydrogens is 298 g/mol. The molecule has 0 spiro atoms. The van der Waals surface area contributed by atoms with Crippen LogP contribution in [0, 0.1) is 6.92 Å². The van der Waals surface area contributed by atoms with Crippen LogP contribution in [0.4, 0.5) is 0 Å². The fourth-order valence-corrected chi connectivity index (χ4v) is 2.47. The molecule has 0 aromatic carbocycles. The van der Waals surface area contributed by atoms with E-state index in [-0.39, 0.29) is 36.5 Å². The van der Waals surface area contributed by atoms with Crippen LogP contribution in [0.1, 0.15) is 23.1 Å². The Hall–Kier alpha value is -2.51. The van der Waals surface area contributed by atoms with Gasteiger partial charge in [0.05, 0.1) is 18.4 Å². The molecule has 0 unspecified atom stereocenters. The number of aromatic nitrogens is 2. The molecule has 1 atom stereocenters. The predicted molar refractivity (Wildman–Crippen MR) is 82.5 cm³/mol. The van der Waals surface area contributed by atoms with Crippen molar-refractivity contribution >= 4 is 17.7 Å². The van der Waals surface area contributed by atoms with Crippen molar-refractivity contribution in [3.05, 3.63) is 23.8 Å². The highest BCUT2D eigenvalue weighted by Crippen LogP contribution is 2.15. The molecule has 1 aromatic rings. The van der Waals surface area contributed by atoms with Crippen molar-refractivity contribution in [3.8, 4) is 0 Å². The van der Waals surface area contributed by atoms with Gasteiger partial charge >= 0.3 is 0 Å². The summed E-state index contributed by atoms with van der Waals surface area (Å²) in [6.45, 7) is 4.12. The zero-order valence-corrected chi connectivity index (χ0v) is 13.8. The fraction of sp³-hybridized carbons (Fsp3) is 0.533. The molecule has 1 aliphatic rings. The summed E-state index contributed by atoms with van der Waals surface area (Å²) in [5.74, 6) is -0.672. The fourth-order valence-electron chi connectivity index (χ4n) is 2.47. The van der Waals surface area contributed by atoms with Crippen LogP contribution in [-0.2, 0) is 9.59 Å². The normalized spacial score (nSPS) is 17.8. The van der Waals surface area contributed by atoms with Gasteiger partial charge in [-0.25, -0.2) is 4.98 Å². The third kappa shape index (κ3) is 3.64. The molecular formula is C15H21N5O3. The van der Waals surface area contributed by atoms with E-state index in [1.54, 1.807) is 25.9 Å². The molecule has 8 heteroatoms. The third-order valence-electron chi connectivity index (χ3n) is 3.81. The number of aryl methyl sites for hydroxylation is 1. The van der Waals surface area contributed by atoms with Crippen LogP contribution in [0.5, 0.6) is 0 Å². The smallest absolute Gasteiger partial charge is 0.274 e. The molecule has 1 saturated heterocycles. The lowest BCUT2D eigenvalue weighted by atomic mass is 10.1. The Labute approximate surface area is 135 Å². The molecule has 1 fully saturated rings. The first kappa shape index (κ1) is 16.9. The van der Waals surface area contributed by atoms with Crippen molar-refractivity contribution in [2.75, 3.05) is 33.7 Å². The lowest BCUT2D eigenvalue weighted by Gasteiger charge is -2.40. The van der Waals surface area contributed by atoms with Gasteiger partial charge in [-0.15, -0.1) is 0 Å². The summed E-state index contributed by atoms with van der Waals surface area (Å²) in [5.41, 5.74) is 0.910. The van der Waals surface area contributed by atoms with Crippen molar-refractivity contribution in [1.29, 1.82) is 0 Å². The lowest BCUT2D eigenvalue weighted by Crippen LogP contribution is -2.61. The van der Waals surface area contributed by atoms with E-state index < -0.39 is 6.04 Å². The number of hydrogen-bond acceptors (Lipinski definition) is 5. The van der Waals surface area contributed by atoms with Gasteiger partial charge in [0.25, 0.3) is 5.91 Å². The molecule has 0 N–H and O–H groups in total. The van der Waals surface area contributed by atoms with Crippen molar-refractivity contribution in [1.82, 2.24) is 24.7 Å². The van der Waals surface area contributed by atoms with E-state index in [0.29, 0.717) is 12.2 Å². The second-order valence-electron chi connectivity index (χ2n) is 5.76. The molecule has 2 heterocycles. The number of rotatable bonds is 2. The second-order valence-corrected chi connectivity index (χ2v) is 5.76. The van der Waals surface area contributed by atoms with E-state index in [1.165, 1.54) is 29.1 Å². The summed E-state index contributed by atoms with van der Waals surface area (Å²) in [5, 5.41) is 0. The highest BCUT2D eigenvalue weighted by molar-refractivity contribution is 5.96. The quantitative estimate of drug-likeness (QED) is 0.736. The maximum atomic E-state index is 12.7. The average molecular weight is 319 g/mol. The number of piperazine rings is 1. The molecule has 8 nitrogen and oxygen atoms in total. The van der Waals surface area contributed by atoms with Gasteiger partial charge in [-0.1, -0.05) is 0 Å². The summed E-state index contributed by atoms with van der Waals surface area (Å²) in [4.78, 5) is 49.3. The molecule has 0 aliphatic carbocycles. The Morgan fingerprint density at radius 1 is 1.17 bits per heavy atom. The van der Waals surface area contributed by atoms with Crippen LogP contribution in [0.2, 0.25) is 0 Å². The van der Waals surface area contributed by atoms with Crippen LogP contribution in [0.25, 0.3) is 0 Å². The lowest BCUT2D eigenvalue weighted by molar-refractivity contribution is -0.139. The summed E-state index contributed by atoms with van der Waals surface area (Å²) in [7, 11) is 3.26. The standard InChI is InChI=1S/C15H21N5O3/c1-10-7-17-12(8-16-10)14(22)20-6-5-19(11(2)21)9-13(20)15(23)18(3)4/h7-8,13H,5-6,9H2,1-4H3/t13-/m0/s1. The Balaban J connectivity index is 2.27. The Bertz CT molecular complexity index is 614. The first-order valence-corrected chi connectivity index (χ1v) is 7.37. The minimum atomic E-state index is -0.710. The first-order valence-electron chi connectivity index (χ1n) is 7.37. The molecule has 23 heavy (non-hydrogen) atoms. The maximum Gasteiger partial charge on any atom is 0.274 e. The maximum absolute atomic E-state index is 12.7. The largest absolute Gasteiger partial charge is 0.347 e. The van der Waals surface area contributed by atoms with Gasteiger partial charge in [-0.05, 0) is 6.92 Å². The number of carbonyl (C=O) groups is 3. The Morgan fingerprint density at radius 3 is 2.39 bits per heavy atom. The van der Waals surface area contributed by atoms with Crippen LogP contribution in [0.3, 0.4) is 0 Å². The first-order chi connectivity index (χ1) is 10.8.